The molecule has 0 aromatic carbocycles. The molecule has 4 unspecified atom stereocenters. The van der Waals surface area contributed by atoms with Crippen LogP contribution in [-0.2, 0) is 4.74 Å². The normalized spacial score (nSPS) is 28.5. The number of fused-ring (bicyclic) bond motifs is 1. The van der Waals surface area contributed by atoms with Crippen molar-refractivity contribution in [3.8, 4) is 0 Å². The van der Waals surface area contributed by atoms with E-state index in [9.17, 15) is 10.2 Å². The maximum atomic E-state index is 10.1. The van der Waals surface area contributed by atoms with E-state index in [0.717, 1.165) is 22.6 Å². The van der Waals surface area contributed by atoms with Crippen LogP contribution in [0.15, 0.2) is 17.6 Å². The van der Waals surface area contributed by atoms with Gasteiger partial charge >= 0.3 is 0 Å². The van der Waals surface area contributed by atoms with Gasteiger partial charge in [-0.05, 0) is 12.2 Å². The highest BCUT2D eigenvalue weighted by atomic mass is 32.2. The molecular weight excluding hydrogens is 308 g/mol. The average molecular weight is 326 g/mol. The maximum Gasteiger partial charge on any atom is 0.181 e. The summed E-state index contributed by atoms with van der Waals surface area (Å²) in [5, 5.41) is 35.0. The summed E-state index contributed by atoms with van der Waals surface area (Å²) in [5.41, 5.74) is 0.531. The lowest BCUT2D eigenvalue weighted by molar-refractivity contribution is -0.0566. The number of ether oxygens (including phenoxy) is 1. The van der Waals surface area contributed by atoms with Crippen LogP contribution in [0.1, 0.15) is 19.6 Å². The quantitative estimate of drug-likeness (QED) is 0.517. The minimum Gasteiger partial charge on any atom is -0.394 e. The molecule has 1 fully saturated rings. The number of hydrogen-bond donors (Lipinski definition) is 3. The molecule has 22 heavy (non-hydrogen) atoms. The van der Waals surface area contributed by atoms with Gasteiger partial charge in [-0.1, -0.05) is 6.92 Å². The highest BCUT2D eigenvalue weighted by molar-refractivity contribution is 7.99. The molecular formula is C13H18N4O4S. The zero-order chi connectivity index (χ0) is 15.7. The average Bonchev–Trinajstić information content (AvgIpc) is 3.08. The lowest BCUT2D eigenvalue weighted by Gasteiger charge is -2.15. The second-order valence-corrected chi connectivity index (χ2v) is 6.17. The second-order valence-electron chi connectivity index (χ2n) is 5.08. The lowest BCUT2D eigenvalue weighted by Crippen LogP contribution is -2.33. The number of aromatic nitrogens is 4. The Balaban J connectivity index is 1.95. The maximum absolute atomic E-state index is 10.1. The Morgan fingerprint density at radius 2 is 2.14 bits per heavy atom. The molecule has 0 spiro atoms. The zero-order valence-electron chi connectivity index (χ0n) is 12.0. The van der Waals surface area contributed by atoms with Crippen molar-refractivity contribution in [3.63, 3.8) is 0 Å². The van der Waals surface area contributed by atoms with Crippen LogP contribution in [0.25, 0.3) is 11.0 Å². The molecule has 120 valence electrons. The van der Waals surface area contributed by atoms with Gasteiger partial charge in [0.2, 0.25) is 0 Å². The molecule has 1 aliphatic rings. The van der Waals surface area contributed by atoms with Crippen LogP contribution in [0.4, 0.5) is 0 Å². The van der Waals surface area contributed by atoms with E-state index in [1.807, 2.05) is 0 Å². The van der Waals surface area contributed by atoms with Gasteiger partial charge < -0.3 is 20.1 Å². The van der Waals surface area contributed by atoms with Crippen LogP contribution in [0.5, 0.6) is 0 Å². The predicted molar refractivity (Wildman–Crippen MR) is 79.3 cm³/mol. The first-order valence-corrected chi connectivity index (χ1v) is 8.09. The van der Waals surface area contributed by atoms with E-state index in [1.54, 1.807) is 18.0 Å². The van der Waals surface area contributed by atoms with Crippen LogP contribution < -0.4 is 0 Å². The zero-order valence-corrected chi connectivity index (χ0v) is 12.8. The molecule has 3 heterocycles. The first-order valence-electron chi connectivity index (χ1n) is 7.10. The molecule has 4 atom stereocenters. The molecule has 9 heteroatoms. The number of rotatable bonds is 5. The highest BCUT2D eigenvalue weighted by Crippen LogP contribution is 2.32. The summed E-state index contributed by atoms with van der Waals surface area (Å²) in [5.74, 6) is 0.936. The smallest absolute Gasteiger partial charge is 0.181 e. The molecule has 0 radical (unpaired) electrons. The van der Waals surface area contributed by atoms with Crippen molar-refractivity contribution in [3.05, 3.63) is 12.5 Å². The fourth-order valence-electron chi connectivity index (χ4n) is 2.42. The van der Waals surface area contributed by atoms with E-state index in [1.165, 1.54) is 11.0 Å². The van der Waals surface area contributed by atoms with Gasteiger partial charge in [-0.25, -0.2) is 14.6 Å². The minimum absolute atomic E-state index is 0.374. The number of aliphatic hydroxyl groups is 3. The molecule has 3 N–H and O–H groups in total. The van der Waals surface area contributed by atoms with E-state index in [4.69, 9.17) is 9.84 Å². The molecule has 0 saturated carbocycles. The Kier molecular flexibility index (Phi) is 4.59. The largest absolute Gasteiger partial charge is 0.394 e. The van der Waals surface area contributed by atoms with Crippen LogP contribution in [0.2, 0.25) is 0 Å². The third kappa shape index (κ3) is 2.59. The second kappa shape index (κ2) is 6.47. The molecule has 2 aromatic heterocycles. The first kappa shape index (κ1) is 15.6. The van der Waals surface area contributed by atoms with Crippen LogP contribution in [0, 0.1) is 0 Å². The standard InChI is InChI=1S/C13H18N4O4S/c1-2-3-22-12-7-4-16-17(11(7)14-6-15-12)13-10(20)9(19)8(5-18)21-13/h4,6,8-10,13,18-20H,2-3,5H2,1H3. The van der Waals surface area contributed by atoms with Gasteiger partial charge in [0.15, 0.2) is 11.9 Å². The molecule has 0 aliphatic carbocycles. The number of aliphatic hydroxyl groups excluding tert-OH is 3. The monoisotopic (exact) mass is 326 g/mol. The predicted octanol–water partition coefficient (Wildman–Crippen LogP) is -0.0601. The van der Waals surface area contributed by atoms with Crippen molar-refractivity contribution < 1.29 is 20.1 Å². The van der Waals surface area contributed by atoms with Crippen molar-refractivity contribution >= 4 is 22.8 Å². The minimum atomic E-state index is -1.18. The van der Waals surface area contributed by atoms with Gasteiger partial charge in [-0.3, -0.25) is 0 Å². The van der Waals surface area contributed by atoms with Crippen LogP contribution in [0.3, 0.4) is 0 Å². The Morgan fingerprint density at radius 3 is 2.82 bits per heavy atom. The van der Waals surface area contributed by atoms with Crippen molar-refractivity contribution in [2.24, 2.45) is 0 Å². The third-order valence-electron chi connectivity index (χ3n) is 3.56. The van der Waals surface area contributed by atoms with Gasteiger partial charge in [0.25, 0.3) is 0 Å². The Labute approximate surface area is 131 Å². The van der Waals surface area contributed by atoms with E-state index >= 15 is 0 Å². The van der Waals surface area contributed by atoms with E-state index in [-0.39, 0.29) is 6.61 Å². The van der Waals surface area contributed by atoms with E-state index in [0.29, 0.717) is 5.65 Å². The molecule has 2 aromatic rings. The van der Waals surface area contributed by atoms with Crippen molar-refractivity contribution in [1.82, 2.24) is 19.7 Å². The van der Waals surface area contributed by atoms with Crippen molar-refractivity contribution in [2.75, 3.05) is 12.4 Å². The van der Waals surface area contributed by atoms with Gasteiger partial charge in [-0.2, -0.15) is 5.10 Å². The number of thioether (sulfide) groups is 1. The van der Waals surface area contributed by atoms with Crippen LogP contribution in [-0.4, -0.2) is 65.7 Å². The lowest BCUT2D eigenvalue weighted by atomic mass is 10.1. The topological polar surface area (TPSA) is 114 Å². The molecule has 1 aliphatic heterocycles. The summed E-state index contributed by atoms with van der Waals surface area (Å²) in [6.45, 7) is 1.72. The molecule has 0 amide bonds. The summed E-state index contributed by atoms with van der Waals surface area (Å²) >= 11 is 1.62. The number of nitrogens with zero attached hydrogens (tertiary/aromatic N) is 4. The number of hydrogen-bond acceptors (Lipinski definition) is 8. The van der Waals surface area contributed by atoms with E-state index < -0.39 is 24.5 Å². The van der Waals surface area contributed by atoms with Crippen LogP contribution >= 0.6 is 11.8 Å². The van der Waals surface area contributed by atoms with Gasteiger partial charge in [0.1, 0.15) is 29.7 Å². The van der Waals surface area contributed by atoms with Crippen molar-refractivity contribution in [2.45, 2.75) is 42.9 Å². The third-order valence-corrected chi connectivity index (χ3v) is 4.77. The molecule has 1 saturated heterocycles. The summed E-state index contributed by atoms with van der Waals surface area (Å²) in [4.78, 5) is 8.46. The van der Waals surface area contributed by atoms with Gasteiger partial charge in [0.05, 0.1) is 18.2 Å². The Hall–Kier alpha value is -1.26. The van der Waals surface area contributed by atoms with E-state index in [2.05, 4.69) is 22.0 Å². The van der Waals surface area contributed by atoms with Gasteiger partial charge in [0, 0.05) is 0 Å². The Bertz CT molecular complexity index is 652. The SMILES string of the molecule is CCCSc1ncnc2c1cnn2C1OC(CO)C(O)C1O. The highest BCUT2D eigenvalue weighted by Gasteiger charge is 2.44. The molecule has 0 bridgehead atoms. The first-order chi connectivity index (χ1) is 10.7. The molecule has 3 rings (SSSR count). The van der Waals surface area contributed by atoms with Crippen molar-refractivity contribution in [1.29, 1.82) is 0 Å². The summed E-state index contributed by atoms with van der Waals surface area (Å²) in [7, 11) is 0. The fraction of sp³-hybridized carbons (Fsp3) is 0.615. The summed E-state index contributed by atoms with van der Waals surface area (Å²) in [6.07, 6.45) is 0.0339. The van der Waals surface area contributed by atoms with Gasteiger partial charge in [-0.15, -0.1) is 11.8 Å². The Morgan fingerprint density at radius 1 is 1.32 bits per heavy atom. The summed E-state index contributed by atoms with van der Waals surface area (Å²) < 4.78 is 6.92. The summed E-state index contributed by atoms with van der Waals surface area (Å²) in [6, 6.07) is 0. The fourth-order valence-corrected chi connectivity index (χ4v) is 3.24. The molecule has 8 nitrogen and oxygen atoms in total.